The summed E-state index contributed by atoms with van der Waals surface area (Å²) in [5.41, 5.74) is 7.06. The van der Waals surface area contributed by atoms with E-state index in [0.29, 0.717) is 11.7 Å². The Morgan fingerprint density at radius 1 is 1.21 bits per heavy atom. The third kappa shape index (κ3) is 3.26. The van der Waals surface area contributed by atoms with E-state index in [1.165, 1.54) is 0 Å². The van der Waals surface area contributed by atoms with Crippen molar-refractivity contribution in [2.75, 3.05) is 31.9 Å². The number of benzene rings is 1. The lowest BCUT2D eigenvalue weighted by Crippen LogP contribution is -2.51. The highest BCUT2D eigenvalue weighted by Gasteiger charge is 2.23. The summed E-state index contributed by atoms with van der Waals surface area (Å²) in [6.07, 6.45) is 1.16. The fraction of sp³-hybridized carbons (Fsp3) is 0.533. The Morgan fingerprint density at radius 2 is 1.79 bits per heavy atom. The van der Waals surface area contributed by atoms with Crippen LogP contribution in [-0.2, 0) is 0 Å². The number of nitrogen functional groups attached to an aromatic ring is 1. The van der Waals surface area contributed by atoms with Gasteiger partial charge >= 0.3 is 0 Å². The van der Waals surface area contributed by atoms with Crippen LogP contribution in [0.4, 0.5) is 5.69 Å². The molecule has 0 aromatic heterocycles. The Bertz CT molecular complexity index is 422. The van der Waals surface area contributed by atoms with Gasteiger partial charge in [-0.2, -0.15) is 0 Å². The van der Waals surface area contributed by atoms with E-state index in [1.54, 1.807) is 24.3 Å². The van der Waals surface area contributed by atoms with Crippen molar-refractivity contribution < 1.29 is 4.79 Å². The number of nitrogens with zero attached hydrogens (tertiary/aromatic N) is 2. The van der Waals surface area contributed by atoms with Gasteiger partial charge in [0.05, 0.1) is 0 Å². The Labute approximate surface area is 115 Å². The van der Waals surface area contributed by atoms with E-state index in [0.717, 1.165) is 38.2 Å². The van der Waals surface area contributed by atoms with Crippen molar-refractivity contribution >= 4 is 11.6 Å². The van der Waals surface area contributed by atoms with Crippen LogP contribution in [0, 0.1) is 0 Å². The first-order valence-corrected chi connectivity index (χ1v) is 7.00. The summed E-state index contributed by atoms with van der Waals surface area (Å²) in [5, 5.41) is 0. The van der Waals surface area contributed by atoms with Crippen molar-refractivity contribution in [3.63, 3.8) is 0 Å². The maximum atomic E-state index is 12.3. The average Bonchev–Trinajstić information content (AvgIpc) is 2.46. The van der Waals surface area contributed by atoms with Gasteiger partial charge in [-0.15, -0.1) is 0 Å². The molecule has 1 aliphatic rings. The smallest absolute Gasteiger partial charge is 0.253 e. The summed E-state index contributed by atoms with van der Waals surface area (Å²) in [6, 6.07) is 7.77. The first-order valence-electron chi connectivity index (χ1n) is 7.00. The summed E-state index contributed by atoms with van der Waals surface area (Å²) in [6.45, 7) is 8.01. The highest BCUT2D eigenvalue weighted by atomic mass is 16.2. The largest absolute Gasteiger partial charge is 0.399 e. The summed E-state index contributed by atoms with van der Waals surface area (Å²) >= 11 is 0. The molecule has 4 nitrogen and oxygen atoms in total. The van der Waals surface area contributed by atoms with Crippen molar-refractivity contribution in [1.29, 1.82) is 0 Å². The zero-order valence-corrected chi connectivity index (χ0v) is 11.8. The van der Waals surface area contributed by atoms with Crippen molar-refractivity contribution in [2.24, 2.45) is 0 Å². The molecule has 1 aromatic rings. The van der Waals surface area contributed by atoms with Gasteiger partial charge in [0.1, 0.15) is 0 Å². The molecule has 0 bridgehead atoms. The van der Waals surface area contributed by atoms with Gasteiger partial charge in [-0.3, -0.25) is 9.69 Å². The Balaban J connectivity index is 1.94. The van der Waals surface area contributed by atoms with Gasteiger partial charge in [-0.05, 0) is 37.6 Å². The van der Waals surface area contributed by atoms with E-state index in [-0.39, 0.29) is 5.91 Å². The minimum atomic E-state index is 0.115. The molecule has 0 saturated carbocycles. The standard InChI is InChI=1S/C15H23N3O/c1-3-12(2)17-8-10-18(11-9-17)15(19)13-4-6-14(16)7-5-13/h4-7,12H,3,8-11,16H2,1-2H3. The second-order valence-electron chi connectivity index (χ2n) is 5.21. The van der Waals surface area contributed by atoms with Crippen LogP contribution < -0.4 is 5.73 Å². The van der Waals surface area contributed by atoms with Gasteiger partial charge in [0.25, 0.3) is 5.91 Å². The molecule has 1 aliphatic heterocycles. The molecule has 1 aromatic carbocycles. The molecule has 0 aliphatic carbocycles. The predicted molar refractivity (Wildman–Crippen MR) is 78.1 cm³/mol. The zero-order chi connectivity index (χ0) is 13.8. The predicted octanol–water partition coefficient (Wildman–Crippen LogP) is 1.83. The molecular formula is C15H23N3O. The molecule has 1 heterocycles. The third-order valence-electron chi connectivity index (χ3n) is 3.97. The molecule has 19 heavy (non-hydrogen) atoms. The van der Waals surface area contributed by atoms with Crippen LogP contribution in [-0.4, -0.2) is 47.9 Å². The average molecular weight is 261 g/mol. The molecule has 4 heteroatoms. The van der Waals surface area contributed by atoms with Crippen molar-refractivity contribution in [3.05, 3.63) is 29.8 Å². The van der Waals surface area contributed by atoms with Crippen LogP contribution in [0.1, 0.15) is 30.6 Å². The topological polar surface area (TPSA) is 49.6 Å². The Hall–Kier alpha value is -1.55. The lowest BCUT2D eigenvalue weighted by Gasteiger charge is -2.37. The van der Waals surface area contributed by atoms with E-state index in [1.807, 2.05) is 4.90 Å². The van der Waals surface area contributed by atoms with Crippen molar-refractivity contribution in [2.45, 2.75) is 26.3 Å². The monoisotopic (exact) mass is 261 g/mol. The second-order valence-corrected chi connectivity index (χ2v) is 5.21. The first-order chi connectivity index (χ1) is 9.11. The highest BCUT2D eigenvalue weighted by Crippen LogP contribution is 2.13. The Morgan fingerprint density at radius 3 is 2.32 bits per heavy atom. The first kappa shape index (κ1) is 13.9. The molecule has 0 spiro atoms. The van der Waals surface area contributed by atoms with Crippen LogP contribution in [0.25, 0.3) is 0 Å². The maximum absolute atomic E-state index is 12.3. The van der Waals surface area contributed by atoms with Gasteiger partial charge in [0.2, 0.25) is 0 Å². The van der Waals surface area contributed by atoms with E-state index < -0.39 is 0 Å². The summed E-state index contributed by atoms with van der Waals surface area (Å²) in [7, 11) is 0. The minimum absolute atomic E-state index is 0.115. The highest BCUT2D eigenvalue weighted by molar-refractivity contribution is 5.94. The van der Waals surface area contributed by atoms with E-state index >= 15 is 0 Å². The van der Waals surface area contributed by atoms with Crippen LogP contribution in [0.15, 0.2) is 24.3 Å². The zero-order valence-electron chi connectivity index (χ0n) is 11.8. The molecule has 1 saturated heterocycles. The van der Waals surface area contributed by atoms with E-state index in [4.69, 9.17) is 5.73 Å². The molecule has 1 atom stereocenters. The number of carbonyl (C=O) groups excluding carboxylic acids is 1. The van der Waals surface area contributed by atoms with Gasteiger partial charge in [0.15, 0.2) is 0 Å². The number of hydrogen-bond acceptors (Lipinski definition) is 3. The second kappa shape index (κ2) is 6.06. The maximum Gasteiger partial charge on any atom is 0.253 e. The molecule has 1 amide bonds. The molecule has 1 unspecified atom stereocenters. The fourth-order valence-electron chi connectivity index (χ4n) is 2.43. The van der Waals surface area contributed by atoms with Gasteiger partial charge < -0.3 is 10.6 Å². The normalized spacial score (nSPS) is 18.3. The van der Waals surface area contributed by atoms with Crippen LogP contribution in [0.3, 0.4) is 0 Å². The van der Waals surface area contributed by atoms with Crippen molar-refractivity contribution in [1.82, 2.24) is 9.80 Å². The summed E-state index contributed by atoms with van der Waals surface area (Å²) in [5.74, 6) is 0.115. The SMILES string of the molecule is CCC(C)N1CCN(C(=O)c2ccc(N)cc2)CC1. The molecule has 2 N–H and O–H groups in total. The van der Waals surface area contributed by atoms with Gasteiger partial charge in [-0.25, -0.2) is 0 Å². The van der Waals surface area contributed by atoms with E-state index in [2.05, 4.69) is 18.7 Å². The Kier molecular flexibility index (Phi) is 4.43. The fourth-order valence-corrected chi connectivity index (χ4v) is 2.43. The number of anilines is 1. The summed E-state index contributed by atoms with van der Waals surface area (Å²) in [4.78, 5) is 16.7. The number of rotatable bonds is 3. The molecule has 0 radical (unpaired) electrons. The number of carbonyl (C=O) groups is 1. The summed E-state index contributed by atoms with van der Waals surface area (Å²) < 4.78 is 0. The molecular weight excluding hydrogens is 238 g/mol. The minimum Gasteiger partial charge on any atom is -0.399 e. The van der Waals surface area contributed by atoms with Crippen LogP contribution in [0.5, 0.6) is 0 Å². The van der Waals surface area contributed by atoms with E-state index in [9.17, 15) is 4.79 Å². The van der Waals surface area contributed by atoms with Crippen LogP contribution >= 0.6 is 0 Å². The lowest BCUT2D eigenvalue weighted by molar-refractivity contribution is 0.0579. The number of amides is 1. The molecule has 104 valence electrons. The lowest BCUT2D eigenvalue weighted by atomic mass is 10.1. The quantitative estimate of drug-likeness (QED) is 0.844. The number of piperazine rings is 1. The molecule has 1 fully saturated rings. The van der Waals surface area contributed by atoms with Gasteiger partial charge in [0, 0.05) is 43.5 Å². The van der Waals surface area contributed by atoms with Crippen LogP contribution in [0.2, 0.25) is 0 Å². The van der Waals surface area contributed by atoms with Crippen molar-refractivity contribution in [3.8, 4) is 0 Å². The third-order valence-corrected chi connectivity index (χ3v) is 3.97. The van der Waals surface area contributed by atoms with Gasteiger partial charge in [-0.1, -0.05) is 6.92 Å². The number of hydrogen-bond donors (Lipinski definition) is 1. The number of nitrogens with two attached hydrogens (primary N) is 1. The molecule has 2 rings (SSSR count).